The van der Waals surface area contributed by atoms with Crippen LogP contribution in [0.4, 0.5) is 10.6 Å². The molecule has 1 unspecified atom stereocenters. The average molecular weight is 334 g/mol. The van der Waals surface area contributed by atoms with Gasteiger partial charge in [-0.15, -0.1) is 0 Å². The molecule has 1 aromatic heterocycles. The first-order valence-corrected chi connectivity index (χ1v) is 8.89. The number of carbonyl (C=O) groups excluding carboxylic acids is 1. The fourth-order valence-corrected chi connectivity index (χ4v) is 2.96. The van der Waals surface area contributed by atoms with Crippen molar-refractivity contribution in [3.8, 4) is 0 Å². The van der Waals surface area contributed by atoms with Crippen LogP contribution in [0.15, 0.2) is 18.3 Å². The number of hydrogen-bond donors (Lipinski definition) is 2. The highest BCUT2D eigenvalue weighted by atomic mass is 16.3. The van der Waals surface area contributed by atoms with Gasteiger partial charge in [0.05, 0.1) is 6.10 Å². The fraction of sp³-hybridized carbons (Fsp3) is 0.667. The Hall–Kier alpha value is -1.82. The zero-order valence-corrected chi connectivity index (χ0v) is 15.0. The molecule has 2 rings (SSSR count). The Labute approximate surface area is 144 Å². The summed E-state index contributed by atoms with van der Waals surface area (Å²) < 4.78 is 0. The molecular formula is C18H30N4O2. The molecular weight excluding hydrogens is 304 g/mol. The topological polar surface area (TPSA) is 68.7 Å². The summed E-state index contributed by atoms with van der Waals surface area (Å²) in [4.78, 5) is 20.8. The smallest absolute Gasteiger partial charge is 0.317 e. The van der Waals surface area contributed by atoms with Crippen LogP contribution in [0.5, 0.6) is 0 Å². The van der Waals surface area contributed by atoms with E-state index in [1.165, 1.54) is 19.3 Å². The Bertz CT molecular complexity index is 528. The van der Waals surface area contributed by atoms with Crippen LogP contribution in [0.2, 0.25) is 0 Å². The number of piperidine rings is 1. The lowest BCUT2D eigenvalue weighted by Crippen LogP contribution is -2.46. The lowest BCUT2D eigenvalue weighted by Gasteiger charge is -2.29. The zero-order valence-electron chi connectivity index (χ0n) is 15.0. The van der Waals surface area contributed by atoms with E-state index in [2.05, 4.69) is 21.3 Å². The molecule has 0 bridgehead atoms. The van der Waals surface area contributed by atoms with Gasteiger partial charge in [-0.2, -0.15) is 0 Å². The largest absolute Gasteiger partial charge is 0.392 e. The number of pyridine rings is 1. The highest BCUT2D eigenvalue weighted by Gasteiger charge is 2.18. The van der Waals surface area contributed by atoms with Crippen LogP contribution in [0.1, 0.15) is 45.6 Å². The molecule has 1 saturated heterocycles. The summed E-state index contributed by atoms with van der Waals surface area (Å²) in [6.45, 7) is 8.49. The van der Waals surface area contributed by atoms with Gasteiger partial charge in [0.2, 0.25) is 0 Å². The number of anilines is 1. The quantitative estimate of drug-likeness (QED) is 0.838. The van der Waals surface area contributed by atoms with Crippen molar-refractivity contribution in [2.24, 2.45) is 0 Å². The predicted octanol–water partition coefficient (Wildman–Crippen LogP) is 2.37. The minimum absolute atomic E-state index is 0.0425. The van der Waals surface area contributed by atoms with Gasteiger partial charge < -0.3 is 20.2 Å². The minimum atomic E-state index is -0.537. The van der Waals surface area contributed by atoms with Gasteiger partial charge >= 0.3 is 6.03 Å². The summed E-state index contributed by atoms with van der Waals surface area (Å²) >= 11 is 0. The monoisotopic (exact) mass is 334 g/mol. The maximum atomic E-state index is 12.4. The van der Waals surface area contributed by atoms with E-state index in [-0.39, 0.29) is 12.1 Å². The maximum Gasteiger partial charge on any atom is 0.317 e. The summed E-state index contributed by atoms with van der Waals surface area (Å²) in [5, 5.41) is 12.5. The van der Waals surface area contributed by atoms with Crippen LogP contribution in [-0.4, -0.2) is 52.8 Å². The van der Waals surface area contributed by atoms with E-state index in [4.69, 9.17) is 0 Å². The first-order valence-electron chi connectivity index (χ1n) is 8.89. The molecule has 1 fully saturated rings. The van der Waals surface area contributed by atoms with Crippen molar-refractivity contribution in [3.05, 3.63) is 23.9 Å². The lowest BCUT2D eigenvalue weighted by atomic mass is 10.1. The van der Waals surface area contributed by atoms with Crippen LogP contribution in [0.3, 0.4) is 0 Å². The number of urea groups is 1. The molecule has 6 heteroatoms. The second kappa shape index (κ2) is 8.87. The first-order chi connectivity index (χ1) is 11.5. The zero-order chi connectivity index (χ0) is 17.5. The number of hydrogen-bond acceptors (Lipinski definition) is 4. The van der Waals surface area contributed by atoms with Gasteiger partial charge in [-0.05, 0) is 57.7 Å². The highest BCUT2D eigenvalue weighted by Crippen LogP contribution is 2.18. The maximum absolute atomic E-state index is 12.4. The Morgan fingerprint density at radius 1 is 1.33 bits per heavy atom. The van der Waals surface area contributed by atoms with Gasteiger partial charge in [-0.1, -0.05) is 0 Å². The van der Waals surface area contributed by atoms with Gasteiger partial charge in [0.15, 0.2) is 0 Å². The molecule has 1 aliphatic heterocycles. The summed E-state index contributed by atoms with van der Waals surface area (Å²) in [6, 6.07) is 3.88. The number of rotatable bonds is 6. The summed E-state index contributed by atoms with van der Waals surface area (Å²) in [5.41, 5.74) is 1.04. The summed E-state index contributed by atoms with van der Waals surface area (Å²) in [7, 11) is 0. The van der Waals surface area contributed by atoms with Crippen LogP contribution >= 0.6 is 0 Å². The Morgan fingerprint density at radius 3 is 2.67 bits per heavy atom. The summed E-state index contributed by atoms with van der Waals surface area (Å²) in [6.07, 6.45) is 4.99. The third-order valence-electron chi connectivity index (χ3n) is 4.28. The van der Waals surface area contributed by atoms with Crippen molar-refractivity contribution >= 4 is 11.8 Å². The van der Waals surface area contributed by atoms with Crippen molar-refractivity contribution in [3.63, 3.8) is 0 Å². The first kappa shape index (κ1) is 18.5. The molecule has 0 radical (unpaired) electrons. The SMILES string of the molecule is CC(O)CN(C(=O)NCc1ccnc(N2CCCCC2)c1)C(C)C. The Morgan fingerprint density at radius 2 is 2.04 bits per heavy atom. The van der Waals surface area contributed by atoms with Gasteiger partial charge in [-0.25, -0.2) is 9.78 Å². The van der Waals surface area contributed by atoms with Crippen molar-refractivity contribution < 1.29 is 9.90 Å². The molecule has 1 atom stereocenters. The standard InChI is InChI=1S/C18H30N4O2/c1-14(2)22(13-15(3)23)18(24)20-12-16-7-8-19-17(11-16)21-9-5-4-6-10-21/h7-8,11,14-15,23H,4-6,9-10,12-13H2,1-3H3,(H,20,24). The van der Waals surface area contributed by atoms with E-state index in [1.54, 1.807) is 18.0 Å². The van der Waals surface area contributed by atoms with Crippen LogP contribution in [0, 0.1) is 0 Å². The molecule has 6 nitrogen and oxygen atoms in total. The molecule has 1 aliphatic rings. The molecule has 0 spiro atoms. The molecule has 1 aromatic rings. The highest BCUT2D eigenvalue weighted by molar-refractivity contribution is 5.74. The summed E-state index contributed by atoms with van der Waals surface area (Å²) in [5.74, 6) is 0.992. The number of nitrogens with zero attached hydrogens (tertiary/aromatic N) is 3. The normalized spacial score (nSPS) is 16.1. The van der Waals surface area contributed by atoms with Gasteiger partial charge in [-0.3, -0.25) is 0 Å². The third-order valence-corrected chi connectivity index (χ3v) is 4.28. The van der Waals surface area contributed by atoms with E-state index in [0.29, 0.717) is 13.1 Å². The molecule has 134 valence electrons. The predicted molar refractivity (Wildman–Crippen MR) is 96.1 cm³/mol. The minimum Gasteiger partial charge on any atom is -0.392 e. The number of carbonyl (C=O) groups is 1. The van der Waals surface area contributed by atoms with Gasteiger partial charge in [0.1, 0.15) is 5.82 Å². The van der Waals surface area contributed by atoms with Gasteiger partial charge in [0, 0.05) is 38.4 Å². The van der Waals surface area contributed by atoms with E-state index >= 15 is 0 Å². The number of aliphatic hydroxyl groups excluding tert-OH is 1. The van der Waals surface area contributed by atoms with Crippen molar-refractivity contribution in [2.75, 3.05) is 24.5 Å². The van der Waals surface area contributed by atoms with Gasteiger partial charge in [0.25, 0.3) is 0 Å². The lowest BCUT2D eigenvalue weighted by molar-refractivity contribution is 0.119. The van der Waals surface area contributed by atoms with E-state index < -0.39 is 6.10 Å². The molecule has 2 heterocycles. The fourth-order valence-electron chi connectivity index (χ4n) is 2.96. The molecule has 0 saturated carbocycles. The van der Waals surface area contributed by atoms with E-state index in [9.17, 15) is 9.90 Å². The number of nitrogens with one attached hydrogen (secondary N) is 1. The molecule has 0 aliphatic carbocycles. The van der Waals surface area contributed by atoms with Crippen molar-refractivity contribution in [1.29, 1.82) is 0 Å². The second-order valence-electron chi connectivity index (χ2n) is 6.82. The van der Waals surface area contributed by atoms with E-state index in [0.717, 1.165) is 24.5 Å². The Kier molecular flexibility index (Phi) is 6.85. The Balaban J connectivity index is 1.94. The van der Waals surface area contributed by atoms with Crippen LogP contribution < -0.4 is 10.2 Å². The molecule has 24 heavy (non-hydrogen) atoms. The van der Waals surface area contributed by atoms with Crippen molar-refractivity contribution in [2.45, 2.75) is 58.7 Å². The second-order valence-corrected chi connectivity index (χ2v) is 6.82. The number of amides is 2. The number of aromatic nitrogens is 1. The van der Waals surface area contributed by atoms with Crippen LogP contribution in [-0.2, 0) is 6.54 Å². The third kappa shape index (κ3) is 5.37. The number of aliphatic hydroxyl groups is 1. The van der Waals surface area contributed by atoms with E-state index in [1.807, 2.05) is 19.9 Å². The molecule has 2 N–H and O–H groups in total. The van der Waals surface area contributed by atoms with Crippen molar-refractivity contribution in [1.82, 2.24) is 15.2 Å². The molecule has 2 amide bonds. The van der Waals surface area contributed by atoms with Crippen LogP contribution in [0.25, 0.3) is 0 Å². The molecule has 0 aromatic carbocycles. The average Bonchev–Trinajstić information content (AvgIpc) is 2.58.